The molecule has 1 aliphatic rings. The topological polar surface area (TPSA) is 70.7 Å². The van der Waals surface area contributed by atoms with Crippen molar-refractivity contribution < 1.29 is 14.3 Å². The van der Waals surface area contributed by atoms with Crippen LogP contribution < -0.4 is 15.4 Å². The van der Waals surface area contributed by atoms with Crippen LogP contribution in [0, 0.1) is 6.92 Å². The van der Waals surface area contributed by atoms with E-state index < -0.39 is 6.10 Å². The van der Waals surface area contributed by atoms with Gasteiger partial charge in [0.25, 0.3) is 5.91 Å². The molecule has 2 amide bonds. The van der Waals surface area contributed by atoms with Crippen LogP contribution in [0.5, 0.6) is 5.75 Å². The van der Waals surface area contributed by atoms with Crippen LogP contribution in [0.2, 0.25) is 0 Å². The van der Waals surface area contributed by atoms with Crippen molar-refractivity contribution >= 4 is 11.8 Å². The Bertz CT molecular complexity index is 580. The molecule has 1 aromatic carbocycles. The maximum atomic E-state index is 12.3. The van der Waals surface area contributed by atoms with Gasteiger partial charge in [-0.05, 0) is 45.2 Å². The Balaban J connectivity index is 1.70. The molecule has 0 radical (unpaired) electrons. The summed E-state index contributed by atoms with van der Waals surface area (Å²) in [5.41, 5.74) is 1.16. The third kappa shape index (κ3) is 6.67. The number of amides is 2. The first-order chi connectivity index (χ1) is 12.5. The molecule has 0 spiro atoms. The predicted molar refractivity (Wildman–Crippen MR) is 102 cm³/mol. The van der Waals surface area contributed by atoms with Crippen molar-refractivity contribution in [1.82, 2.24) is 15.5 Å². The summed E-state index contributed by atoms with van der Waals surface area (Å²) in [5, 5.41) is 5.96. The maximum absolute atomic E-state index is 12.3. The number of nitrogens with one attached hydrogen (secondary N) is 2. The molecular formula is C20H31N3O3. The highest BCUT2D eigenvalue weighted by Gasteiger charge is 2.24. The fourth-order valence-corrected chi connectivity index (χ4v) is 2.95. The quantitative estimate of drug-likeness (QED) is 0.742. The number of rotatable bonds is 8. The Morgan fingerprint density at radius 1 is 1.23 bits per heavy atom. The van der Waals surface area contributed by atoms with Gasteiger partial charge in [0.15, 0.2) is 6.10 Å². The fourth-order valence-electron chi connectivity index (χ4n) is 2.95. The maximum Gasteiger partial charge on any atom is 0.260 e. The van der Waals surface area contributed by atoms with E-state index in [1.165, 1.54) is 0 Å². The van der Waals surface area contributed by atoms with Gasteiger partial charge in [-0.25, -0.2) is 0 Å². The molecule has 6 heteroatoms. The number of carbonyl (C=O) groups is 2. The summed E-state index contributed by atoms with van der Waals surface area (Å²) in [7, 11) is 0. The van der Waals surface area contributed by atoms with Crippen LogP contribution in [0.4, 0.5) is 0 Å². The van der Waals surface area contributed by atoms with E-state index in [1.54, 1.807) is 6.92 Å². The van der Waals surface area contributed by atoms with E-state index in [-0.39, 0.29) is 17.9 Å². The third-order valence-electron chi connectivity index (χ3n) is 4.58. The molecule has 1 heterocycles. The van der Waals surface area contributed by atoms with Crippen LogP contribution >= 0.6 is 0 Å². The smallest absolute Gasteiger partial charge is 0.260 e. The largest absolute Gasteiger partial charge is 0.481 e. The van der Waals surface area contributed by atoms with Crippen molar-refractivity contribution in [3.8, 4) is 5.75 Å². The van der Waals surface area contributed by atoms with E-state index in [2.05, 4.69) is 15.5 Å². The second-order valence-electron chi connectivity index (χ2n) is 6.98. The van der Waals surface area contributed by atoms with Gasteiger partial charge in [-0.3, -0.25) is 14.5 Å². The van der Waals surface area contributed by atoms with E-state index in [1.807, 2.05) is 38.1 Å². The summed E-state index contributed by atoms with van der Waals surface area (Å²) in [6.07, 6.45) is 2.12. The number of hydrogen-bond acceptors (Lipinski definition) is 4. The second-order valence-corrected chi connectivity index (χ2v) is 6.98. The lowest BCUT2D eigenvalue weighted by molar-refractivity contribution is -0.128. The Morgan fingerprint density at radius 2 is 1.88 bits per heavy atom. The van der Waals surface area contributed by atoms with E-state index in [9.17, 15) is 9.59 Å². The Kier molecular flexibility index (Phi) is 7.91. The van der Waals surface area contributed by atoms with E-state index in [4.69, 9.17) is 4.74 Å². The number of ether oxygens (including phenoxy) is 1. The summed E-state index contributed by atoms with van der Waals surface area (Å²) in [4.78, 5) is 26.3. The minimum Gasteiger partial charge on any atom is -0.481 e. The first kappa shape index (κ1) is 20.2. The zero-order valence-electron chi connectivity index (χ0n) is 16.1. The van der Waals surface area contributed by atoms with Gasteiger partial charge in [0.1, 0.15) is 5.75 Å². The van der Waals surface area contributed by atoms with Crippen molar-refractivity contribution in [2.24, 2.45) is 0 Å². The van der Waals surface area contributed by atoms with Crippen LogP contribution in [-0.4, -0.2) is 55.0 Å². The first-order valence-corrected chi connectivity index (χ1v) is 9.50. The summed E-state index contributed by atoms with van der Waals surface area (Å²) in [6.45, 7) is 8.62. The number of benzene rings is 1. The highest BCUT2D eigenvalue weighted by Crippen LogP contribution is 2.14. The molecule has 0 bridgehead atoms. The average Bonchev–Trinajstić information content (AvgIpc) is 2.63. The number of nitrogens with zero attached hydrogens (tertiary/aromatic N) is 1. The molecule has 1 saturated heterocycles. The van der Waals surface area contributed by atoms with Gasteiger partial charge in [-0.2, -0.15) is 0 Å². The minimum atomic E-state index is -0.532. The van der Waals surface area contributed by atoms with Gasteiger partial charge < -0.3 is 15.4 Å². The zero-order valence-corrected chi connectivity index (χ0v) is 16.1. The lowest BCUT2D eigenvalue weighted by Gasteiger charge is -2.32. The van der Waals surface area contributed by atoms with Gasteiger partial charge in [0.05, 0.1) is 6.54 Å². The summed E-state index contributed by atoms with van der Waals surface area (Å²) >= 11 is 0. The van der Waals surface area contributed by atoms with Gasteiger partial charge in [0.2, 0.25) is 5.91 Å². The summed E-state index contributed by atoms with van der Waals surface area (Å²) in [5.74, 6) is 0.685. The Labute approximate surface area is 156 Å². The van der Waals surface area contributed by atoms with Crippen molar-refractivity contribution in [3.63, 3.8) is 0 Å². The molecule has 144 valence electrons. The molecule has 1 fully saturated rings. The van der Waals surface area contributed by atoms with Crippen molar-refractivity contribution in [2.45, 2.75) is 52.2 Å². The molecule has 6 nitrogen and oxygen atoms in total. The monoisotopic (exact) mass is 361 g/mol. The molecule has 0 aliphatic carbocycles. The number of aryl methyl sites for hydroxylation is 1. The fraction of sp³-hybridized carbons (Fsp3) is 0.600. The van der Waals surface area contributed by atoms with Crippen LogP contribution in [0.25, 0.3) is 0 Å². The SMILES string of the molecule is CCCNC(=O)CN1CCC(NC(=O)C(C)Oc2ccc(C)cc2)CC1. The van der Waals surface area contributed by atoms with Gasteiger partial charge in [-0.1, -0.05) is 24.6 Å². The van der Waals surface area contributed by atoms with Crippen LogP contribution in [-0.2, 0) is 9.59 Å². The number of likely N-dealkylation sites (tertiary alicyclic amines) is 1. The zero-order chi connectivity index (χ0) is 18.9. The van der Waals surface area contributed by atoms with Crippen LogP contribution in [0.3, 0.4) is 0 Å². The van der Waals surface area contributed by atoms with Crippen molar-refractivity contribution in [3.05, 3.63) is 29.8 Å². The van der Waals surface area contributed by atoms with Crippen LogP contribution in [0.15, 0.2) is 24.3 Å². The van der Waals surface area contributed by atoms with Gasteiger partial charge in [-0.15, -0.1) is 0 Å². The van der Waals surface area contributed by atoms with Crippen LogP contribution in [0.1, 0.15) is 38.7 Å². The average molecular weight is 361 g/mol. The van der Waals surface area contributed by atoms with E-state index >= 15 is 0 Å². The van der Waals surface area contributed by atoms with Gasteiger partial charge >= 0.3 is 0 Å². The highest BCUT2D eigenvalue weighted by molar-refractivity contribution is 5.81. The third-order valence-corrected chi connectivity index (χ3v) is 4.58. The van der Waals surface area contributed by atoms with Gasteiger partial charge in [0, 0.05) is 25.7 Å². The molecule has 0 saturated carbocycles. The van der Waals surface area contributed by atoms with Crippen molar-refractivity contribution in [2.75, 3.05) is 26.2 Å². The standard InChI is InChI=1S/C20H31N3O3/c1-4-11-21-19(24)14-23-12-9-17(10-13-23)22-20(25)16(3)26-18-7-5-15(2)6-8-18/h5-8,16-17H,4,9-14H2,1-3H3,(H,21,24)(H,22,25). The number of carbonyl (C=O) groups excluding carboxylic acids is 2. The lowest BCUT2D eigenvalue weighted by atomic mass is 10.0. The molecular weight excluding hydrogens is 330 g/mol. The predicted octanol–water partition coefficient (Wildman–Crippen LogP) is 1.87. The number of hydrogen-bond donors (Lipinski definition) is 2. The summed E-state index contributed by atoms with van der Waals surface area (Å²) in [6, 6.07) is 7.82. The molecule has 2 N–H and O–H groups in total. The molecule has 0 aromatic heterocycles. The molecule has 1 unspecified atom stereocenters. The Morgan fingerprint density at radius 3 is 2.50 bits per heavy atom. The molecule has 1 aliphatic heterocycles. The molecule has 1 aromatic rings. The Hall–Kier alpha value is -2.08. The van der Waals surface area contributed by atoms with Crippen molar-refractivity contribution in [1.29, 1.82) is 0 Å². The molecule has 2 rings (SSSR count). The first-order valence-electron chi connectivity index (χ1n) is 9.50. The lowest BCUT2D eigenvalue weighted by Crippen LogP contribution is -2.49. The number of piperidine rings is 1. The van der Waals surface area contributed by atoms with E-state index in [0.717, 1.165) is 44.5 Å². The second kappa shape index (κ2) is 10.2. The molecule has 26 heavy (non-hydrogen) atoms. The van der Waals surface area contributed by atoms with E-state index in [0.29, 0.717) is 12.3 Å². The normalized spacial score (nSPS) is 16.7. The minimum absolute atomic E-state index is 0.0782. The molecule has 1 atom stereocenters. The highest BCUT2D eigenvalue weighted by atomic mass is 16.5. The summed E-state index contributed by atoms with van der Waals surface area (Å²) < 4.78 is 5.71.